The summed E-state index contributed by atoms with van der Waals surface area (Å²) < 4.78 is 0. The van der Waals surface area contributed by atoms with Crippen molar-refractivity contribution in [1.82, 2.24) is 0 Å². The first-order chi connectivity index (χ1) is 2.27. The zero-order chi connectivity index (χ0) is 4.28. The molecule has 1 N–H and O–H groups in total. The van der Waals surface area contributed by atoms with E-state index in [1.165, 1.54) is 0 Å². The molecule has 0 atom stereocenters. The lowest BCUT2D eigenvalue weighted by Gasteiger charge is -1.74. The molecule has 0 unspecified atom stereocenters. The van der Waals surface area contributed by atoms with E-state index in [4.69, 9.17) is 5.11 Å². The summed E-state index contributed by atoms with van der Waals surface area (Å²) in [7, 11) is 0. The van der Waals surface area contributed by atoms with E-state index in [1.54, 1.807) is 6.92 Å². The summed E-state index contributed by atoms with van der Waals surface area (Å²) in [6.07, 6.45) is 1.88. The van der Waals surface area contributed by atoms with E-state index in [0.717, 1.165) is 11.4 Å². The fourth-order valence-corrected chi connectivity index (χ4v) is 0. The lowest BCUT2D eigenvalue weighted by atomic mass is 10.9. The van der Waals surface area contributed by atoms with Crippen LogP contribution >= 0.6 is 11.4 Å². The summed E-state index contributed by atoms with van der Waals surface area (Å²) in [6, 6.07) is 0. The van der Waals surface area contributed by atoms with Crippen molar-refractivity contribution in [3.63, 3.8) is 0 Å². The summed E-state index contributed by atoms with van der Waals surface area (Å²) in [4.78, 5) is 0. The molecule has 5 heavy (non-hydrogen) atoms. The SMILES string of the molecule is C[SH]=C(C)O. The second-order valence-corrected chi connectivity index (χ2v) is 1.87. The minimum atomic E-state index is 0.477. The van der Waals surface area contributed by atoms with Crippen molar-refractivity contribution in [2.75, 3.05) is 6.26 Å². The van der Waals surface area contributed by atoms with Gasteiger partial charge in [-0.15, -0.1) is 0 Å². The van der Waals surface area contributed by atoms with E-state index in [0.29, 0.717) is 5.05 Å². The molecule has 0 saturated carbocycles. The summed E-state index contributed by atoms with van der Waals surface area (Å²) in [5.74, 6) is 0. The second-order valence-electron chi connectivity index (χ2n) is 0.771. The lowest BCUT2D eigenvalue weighted by Crippen LogP contribution is -1.76. The van der Waals surface area contributed by atoms with Gasteiger partial charge in [0.05, 0.1) is 5.05 Å². The van der Waals surface area contributed by atoms with Crippen molar-refractivity contribution < 1.29 is 5.11 Å². The first-order valence-electron chi connectivity index (χ1n) is 1.39. The maximum atomic E-state index is 8.27. The van der Waals surface area contributed by atoms with Gasteiger partial charge in [-0.2, -0.15) is 11.4 Å². The summed E-state index contributed by atoms with van der Waals surface area (Å²) in [6.45, 7) is 1.68. The van der Waals surface area contributed by atoms with Crippen LogP contribution < -0.4 is 0 Å². The predicted octanol–water partition coefficient (Wildman–Crippen LogP) is 0.789. The monoisotopic (exact) mass is 92.0 g/mol. The molecule has 0 aliphatic carbocycles. The largest absolute Gasteiger partial charge is 0.360 e. The number of hydrogen-bond acceptors (Lipinski definition) is 0. The fraction of sp³-hybridized carbons (Fsp3) is 0.667. The quantitative estimate of drug-likeness (QED) is 0.334. The van der Waals surface area contributed by atoms with Crippen molar-refractivity contribution >= 4 is 16.4 Å². The Balaban J connectivity index is 3.14. The predicted molar refractivity (Wildman–Crippen MR) is 28.2 cm³/mol. The van der Waals surface area contributed by atoms with Crippen LogP contribution in [0.3, 0.4) is 0 Å². The van der Waals surface area contributed by atoms with Gasteiger partial charge in [0.1, 0.15) is 0 Å². The van der Waals surface area contributed by atoms with Gasteiger partial charge < -0.3 is 5.11 Å². The maximum absolute atomic E-state index is 8.27. The number of aliphatic hydroxyl groups is 1. The average molecular weight is 92.2 g/mol. The van der Waals surface area contributed by atoms with Crippen molar-refractivity contribution in [3.8, 4) is 0 Å². The number of hydrogen-bond donors (Lipinski definition) is 2. The van der Waals surface area contributed by atoms with Gasteiger partial charge in [0, 0.05) is 0 Å². The topological polar surface area (TPSA) is 20.2 Å². The normalized spacial score (nSPS) is 13.8. The molecule has 0 fully saturated rings. The molecule has 0 aromatic carbocycles. The molecular weight excluding hydrogens is 84.1 g/mol. The third kappa shape index (κ3) is 4.18. The molecule has 2 heteroatoms. The average Bonchev–Trinajstić information content (AvgIpc) is 1.38. The van der Waals surface area contributed by atoms with Crippen LogP contribution in [-0.4, -0.2) is 16.4 Å². The third-order valence-corrected chi connectivity index (χ3v) is 0.971. The standard InChI is InChI=1S/C3H8OS/c1-3(4)5-2/h4-5H,1-2H3. The fourth-order valence-electron chi connectivity index (χ4n) is 0. The van der Waals surface area contributed by atoms with Gasteiger partial charge in [-0.3, -0.25) is 0 Å². The molecule has 0 bridgehead atoms. The van der Waals surface area contributed by atoms with E-state index in [-0.39, 0.29) is 0 Å². The first-order valence-corrected chi connectivity index (χ1v) is 2.74. The van der Waals surface area contributed by atoms with Gasteiger partial charge >= 0.3 is 0 Å². The summed E-state index contributed by atoms with van der Waals surface area (Å²) in [5.41, 5.74) is 0. The molecular formula is C3H8OS. The first kappa shape index (κ1) is 5.18. The molecule has 0 aromatic heterocycles. The molecule has 0 spiro atoms. The van der Waals surface area contributed by atoms with E-state index in [2.05, 4.69) is 0 Å². The smallest absolute Gasteiger partial charge is 0.0661 e. The van der Waals surface area contributed by atoms with Crippen LogP contribution in [0.2, 0.25) is 0 Å². The van der Waals surface area contributed by atoms with E-state index >= 15 is 0 Å². The second kappa shape index (κ2) is 2.42. The molecule has 1 nitrogen and oxygen atoms in total. The summed E-state index contributed by atoms with van der Waals surface area (Å²) >= 11 is 0.969. The summed E-state index contributed by atoms with van der Waals surface area (Å²) in [5, 5.41) is 8.74. The van der Waals surface area contributed by atoms with Crippen LogP contribution in [0.5, 0.6) is 0 Å². The van der Waals surface area contributed by atoms with Crippen molar-refractivity contribution in [3.05, 3.63) is 0 Å². The van der Waals surface area contributed by atoms with Gasteiger partial charge in [-0.05, 0) is 13.2 Å². The number of aliphatic hydroxyl groups excluding tert-OH is 1. The van der Waals surface area contributed by atoms with Crippen molar-refractivity contribution in [2.24, 2.45) is 0 Å². The molecule has 0 heterocycles. The van der Waals surface area contributed by atoms with Gasteiger partial charge in [0.15, 0.2) is 0 Å². The van der Waals surface area contributed by atoms with Crippen LogP contribution in [0.4, 0.5) is 0 Å². The molecule has 0 saturated heterocycles. The molecule has 32 valence electrons. The Kier molecular flexibility index (Phi) is 2.51. The van der Waals surface area contributed by atoms with Gasteiger partial charge in [0.25, 0.3) is 0 Å². The molecule has 0 aliphatic heterocycles. The highest BCUT2D eigenvalue weighted by atomic mass is 32.1. The van der Waals surface area contributed by atoms with Gasteiger partial charge in [0.2, 0.25) is 0 Å². The lowest BCUT2D eigenvalue weighted by molar-refractivity contribution is 0.564. The Hall–Kier alpha value is 0.180. The maximum Gasteiger partial charge on any atom is 0.0661 e. The Morgan fingerprint density at radius 1 is 1.80 bits per heavy atom. The highest BCUT2D eigenvalue weighted by Crippen LogP contribution is 1.73. The highest BCUT2D eigenvalue weighted by Gasteiger charge is 1.61. The Bertz CT molecular complexity index is 44.9. The third-order valence-electron chi connectivity index (χ3n) is 0.324. The van der Waals surface area contributed by atoms with E-state index < -0.39 is 0 Å². The van der Waals surface area contributed by atoms with E-state index in [1.807, 2.05) is 6.26 Å². The van der Waals surface area contributed by atoms with Crippen LogP contribution in [0.15, 0.2) is 0 Å². The zero-order valence-corrected chi connectivity index (χ0v) is 4.29. The van der Waals surface area contributed by atoms with Crippen molar-refractivity contribution in [2.45, 2.75) is 6.92 Å². The number of rotatable bonds is 0. The minimum absolute atomic E-state index is 0.477. The Morgan fingerprint density at radius 2 is 2.00 bits per heavy atom. The van der Waals surface area contributed by atoms with Crippen LogP contribution in [0.25, 0.3) is 0 Å². The van der Waals surface area contributed by atoms with E-state index in [9.17, 15) is 0 Å². The zero-order valence-electron chi connectivity index (χ0n) is 3.39. The molecule has 0 aromatic rings. The molecule has 0 rings (SSSR count). The Morgan fingerprint density at radius 3 is 2.00 bits per heavy atom. The molecule has 0 amide bonds. The van der Waals surface area contributed by atoms with Gasteiger partial charge in [-0.1, -0.05) is 0 Å². The minimum Gasteiger partial charge on any atom is -0.360 e. The molecule has 0 radical (unpaired) electrons. The van der Waals surface area contributed by atoms with Crippen LogP contribution in [0.1, 0.15) is 6.92 Å². The van der Waals surface area contributed by atoms with Crippen LogP contribution in [0, 0.1) is 0 Å². The molecule has 0 aliphatic rings. The highest BCUT2D eigenvalue weighted by molar-refractivity contribution is 7.97. The van der Waals surface area contributed by atoms with Crippen LogP contribution in [-0.2, 0) is 0 Å². The Labute approximate surface area is 35.6 Å². The van der Waals surface area contributed by atoms with Gasteiger partial charge in [-0.25, -0.2) is 0 Å². The van der Waals surface area contributed by atoms with Crippen molar-refractivity contribution in [1.29, 1.82) is 0 Å². The number of thiol groups is 1.